The Kier molecular flexibility index (Phi) is 6.24. The fourth-order valence-electron chi connectivity index (χ4n) is 1.13. The van der Waals surface area contributed by atoms with E-state index in [0.29, 0.717) is 10.0 Å². The largest absolute Gasteiger partial charge is 0.324 e. The summed E-state index contributed by atoms with van der Waals surface area (Å²) >= 11 is 3.18. The predicted molar refractivity (Wildman–Crippen MR) is 58.9 cm³/mol. The van der Waals surface area contributed by atoms with Crippen LogP contribution in [0.1, 0.15) is 18.0 Å². The summed E-state index contributed by atoms with van der Waals surface area (Å²) in [5.74, 6) is -0.393. The standard InChI is InChI=1S/C9H10BrF2N.ClH/c10-6-2-1-3-7(12)9(6)8(13)4-5-11;/h1-3,8H,4-5,13H2;1H/t8-;/m1./s1. The molecule has 0 aliphatic carbocycles. The molecule has 0 spiro atoms. The first-order chi connectivity index (χ1) is 6.16. The van der Waals surface area contributed by atoms with Gasteiger partial charge in [-0.25, -0.2) is 4.39 Å². The Hall–Kier alpha value is -0.190. The summed E-state index contributed by atoms with van der Waals surface area (Å²) < 4.78 is 25.8. The van der Waals surface area contributed by atoms with Crippen LogP contribution in [-0.4, -0.2) is 6.67 Å². The first-order valence-corrected chi connectivity index (χ1v) is 4.71. The number of benzene rings is 1. The van der Waals surface area contributed by atoms with E-state index in [2.05, 4.69) is 15.9 Å². The van der Waals surface area contributed by atoms with E-state index < -0.39 is 18.5 Å². The first kappa shape index (κ1) is 13.8. The minimum atomic E-state index is -0.583. The smallest absolute Gasteiger partial charge is 0.129 e. The molecule has 0 fully saturated rings. The van der Waals surface area contributed by atoms with Crippen LogP contribution in [0.3, 0.4) is 0 Å². The van der Waals surface area contributed by atoms with E-state index in [0.717, 1.165) is 0 Å². The Morgan fingerprint density at radius 2 is 2.07 bits per heavy atom. The summed E-state index contributed by atoms with van der Waals surface area (Å²) in [4.78, 5) is 0. The normalized spacial score (nSPS) is 12.0. The van der Waals surface area contributed by atoms with Gasteiger partial charge in [-0.15, -0.1) is 12.4 Å². The highest BCUT2D eigenvalue weighted by atomic mass is 79.9. The zero-order valence-electron chi connectivity index (χ0n) is 7.34. The second-order valence-electron chi connectivity index (χ2n) is 2.72. The SMILES string of the molecule is Cl.N[C@H](CCF)c1c(F)cccc1Br. The lowest BCUT2D eigenvalue weighted by Gasteiger charge is -2.12. The molecule has 0 radical (unpaired) electrons. The fraction of sp³-hybridized carbons (Fsp3) is 0.333. The van der Waals surface area contributed by atoms with Gasteiger partial charge in [-0.2, -0.15) is 0 Å². The van der Waals surface area contributed by atoms with Crippen LogP contribution in [0.2, 0.25) is 0 Å². The first-order valence-electron chi connectivity index (χ1n) is 3.92. The Labute approximate surface area is 96.2 Å². The third-order valence-corrected chi connectivity index (χ3v) is 2.48. The van der Waals surface area contributed by atoms with E-state index in [1.54, 1.807) is 12.1 Å². The maximum atomic E-state index is 13.2. The number of hydrogen-bond acceptors (Lipinski definition) is 1. The average Bonchev–Trinajstić information content (AvgIpc) is 2.04. The molecule has 5 heteroatoms. The van der Waals surface area contributed by atoms with Crippen molar-refractivity contribution in [1.82, 2.24) is 0 Å². The van der Waals surface area contributed by atoms with E-state index >= 15 is 0 Å². The van der Waals surface area contributed by atoms with Gasteiger partial charge in [0.2, 0.25) is 0 Å². The van der Waals surface area contributed by atoms with Crippen LogP contribution in [0.4, 0.5) is 8.78 Å². The lowest BCUT2D eigenvalue weighted by atomic mass is 10.1. The van der Waals surface area contributed by atoms with Gasteiger partial charge in [0.1, 0.15) is 5.82 Å². The minimum absolute atomic E-state index is 0. The topological polar surface area (TPSA) is 26.0 Å². The second-order valence-corrected chi connectivity index (χ2v) is 3.57. The number of rotatable bonds is 3. The molecule has 0 aromatic heterocycles. The third-order valence-electron chi connectivity index (χ3n) is 1.79. The maximum absolute atomic E-state index is 13.2. The van der Waals surface area contributed by atoms with Gasteiger partial charge in [-0.05, 0) is 18.6 Å². The number of hydrogen-bond donors (Lipinski definition) is 1. The zero-order valence-corrected chi connectivity index (χ0v) is 9.75. The highest BCUT2D eigenvalue weighted by molar-refractivity contribution is 9.10. The predicted octanol–water partition coefficient (Wildman–Crippen LogP) is 3.37. The van der Waals surface area contributed by atoms with Gasteiger partial charge in [0.25, 0.3) is 0 Å². The quantitative estimate of drug-likeness (QED) is 0.906. The molecule has 0 amide bonds. The molecule has 0 saturated heterocycles. The van der Waals surface area contributed by atoms with Crippen LogP contribution in [0, 0.1) is 5.82 Å². The van der Waals surface area contributed by atoms with E-state index in [9.17, 15) is 8.78 Å². The molecule has 0 saturated carbocycles. The van der Waals surface area contributed by atoms with Crippen molar-refractivity contribution in [3.8, 4) is 0 Å². The molecule has 14 heavy (non-hydrogen) atoms. The van der Waals surface area contributed by atoms with Gasteiger partial charge in [0.15, 0.2) is 0 Å². The molecule has 1 aromatic carbocycles. The van der Waals surface area contributed by atoms with Crippen molar-refractivity contribution in [2.24, 2.45) is 5.73 Å². The average molecular weight is 287 g/mol. The van der Waals surface area contributed by atoms with Crippen LogP contribution in [0.25, 0.3) is 0 Å². The van der Waals surface area contributed by atoms with Crippen LogP contribution in [0.5, 0.6) is 0 Å². The van der Waals surface area contributed by atoms with Gasteiger partial charge < -0.3 is 5.73 Å². The van der Waals surface area contributed by atoms with Crippen molar-refractivity contribution in [2.45, 2.75) is 12.5 Å². The molecule has 0 unspecified atom stereocenters. The van der Waals surface area contributed by atoms with Gasteiger partial charge in [0, 0.05) is 16.1 Å². The Bertz CT molecular complexity index is 276. The molecule has 0 heterocycles. The highest BCUT2D eigenvalue weighted by Crippen LogP contribution is 2.26. The van der Waals surface area contributed by atoms with Crippen molar-refractivity contribution in [3.05, 3.63) is 34.1 Å². The maximum Gasteiger partial charge on any atom is 0.129 e. The Balaban J connectivity index is 0.00000169. The molecule has 80 valence electrons. The van der Waals surface area contributed by atoms with Crippen molar-refractivity contribution in [1.29, 1.82) is 0 Å². The van der Waals surface area contributed by atoms with Crippen LogP contribution in [0.15, 0.2) is 22.7 Å². The summed E-state index contributed by atoms with van der Waals surface area (Å²) in [7, 11) is 0. The molecular weight excluding hydrogens is 275 g/mol. The third kappa shape index (κ3) is 3.19. The van der Waals surface area contributed by atoms with E-state index in [-0.39, 0.29) is 18.8 Å². The van der Waals surface area contributed by atoms with Crippen LogP contribution < -0.4 is 5.73 Å². The molecule has 1 rings (SSSR count). The Morgan fingerprint density at radius 1 is 1.43 bits per heavy atom. The lowest BCUT2D eigenvalue weighted by molar-refractivity contribution is 0.434. The summed E-state index contributed by atoms with van der Waals surface area (Å²) in [6.07, 6.45) is 0.138. The van der Waals surface area contributed by atoms with E-state index in [1.165, 1.54) is 6.07 Å². The van der Waals surface area contributed by atoms with Crippen LogP contribution in [-0.2, 0) is 0 Å². The number of halogens is 4. The van der Waals surface area contributed by atoms with E-state index in [4.69, 9.17) is 5.73 Å². The van der Waals surface area contributed by atoms with Crippen molar-refractivity contribution >= 4 is 28.3 Å². The Morgan fingerprint density at radius 3 is 2.57 bits per heavy atom. The second kappa shape index (κ2) is 6.32. The molecule has 0 aliphatic heterocycles. The highest BCUT2D eigenvalue weighted by Gasteiger charge is 2.14. The van der Waals surface area contributed by atoms with Gasteiger partial charge in [-0.1, -0.05) is 22.0 Å². The number of nitrogens with two attached hydrogens (primary N) is 1. The molecule has 2 N–H and O–H groups in total. The zero-order chi connectivity index (χ0) is 9.84. The van der Waals surface area contributed by atoms with Crippen molar-refractivity contribution in [3.63, 3.8) is 0 Å². The molecule has 0 bridgehead atoms. The molecule has 1 aromatic rings. The summed E-state index contributed by atoms with van der Waals surface area (Å²) in [6.45, 7) is -0.540. The van der Waals surface area contributed by atoms with Gasteiger partial charge >= 0.3 is 0 Å². The minimum Gasteiger partial charge on any atom is -0.324 e. The van der Waals surface area contributed by atoms with Crippen molar-refractivity contribution in [2.75, 3.05) is 6.67 Å². The molecule has 0 aliphatic rings. The monoisotopic (exact) mass is 285 g/mol. The summed E-state index contributed by atoms with van der Waals surface area (Å²) in [6, 6.07) is 4.00. The van der Waals surface area contributed by atoms with Gasteiger partial charge in [-0.3, -0.25) is 4.39 Å². The summed E-state index contributed by atoms with van der Waals surface area (Å²) in [5.41, 5.74) is 5.94. The lowest BCUT2D eigenvalue weighted by Crippen LogP contribution is -2.13. The molecule has 1 atom stereocenters. The number of alkyl halides is 1. The van der Waals surface area contributed by atoms with Gasteiger partial charge in [0.05, 0.1) is 6.67 Å². The fourth-order valence-corrected chi connectivity index (χ4v) is 1.76. The van der Waals surface area contributed by atoms with Crippen LogP contribution >= 0.6 is 28.3 Å². The van der Waals surface area contributed by atoms with E-state index in [1.807, 2.05) is 0 Å². The van der Waals surface area contributed by atoms with Crippen molar-refractivity contribution < 1.29 is 8.78 Å². The molecule has 1 nitrogen and oxygen atoms in total. The summed E-state index contributed by atoms with van der Waals surface area (Å²) in [5, 5.41) is 0. The molecular formula is C9H11BrClF2N.